The highest BCUT2D eigenvalue weighted by Crippen LogP contribution is 2.36. The van der Waals surface area contributed by atoms with E-state index in [1.165, 1.54) is 18.2 Å². The maximum Gasteiger partial charge on any atom is 0.283 e. The predicted octanol–water partition coefficient (Wildman–Crippen LogP) is 3.94. The van der Waals surface area contributed by atoms with E-state index in [0.29, 0.717) is 10.5 Å². The van der Waals surface area contributed by atoms with E-state index in [9.17, 15) is 19.6 Å². The van der Waals surface area contributed by atoms with Gasteiger partial charge in [-0.3, -0.25) is 10.1 Å². The predicted molar refractivity (Wildman–Crippen MR) is 74.3 cm³/mol. The maximum absolute atomic E-state index is 13.9. The highest BCUT2D eigenvalue weighted by Gasteiger charge is 2.16. The molecule has 0 saturated heterocycles. The van der Waals surface area contributed by atoms with Crippen LogP contribution in [-0.4, -0.2) is 10.0 Å². The molecule has 1 atom stereocenters. The van der Waals surface area contributed by atoms with E-state index < -0.39 is 16.8 Å². The minimum atomic E-state index is -0.755. The van der Waals surface area contributed by atoms with Crippen LogP contribution in [0.1, 0.15) is 18.6 Å². The van der Waals surface area contributed by atoms with Crippen LogP contribution < -0.4 is 0 Å². The molecule has 0 aromatic heterocycles. The highest BCUT2D eigenvalue weighted by atomic mass is 32.2. The molecule has 1 unspecified atom stereocenters. The molecule has 2 aromatic rings. The lowest BCUT2D eigenvalue weighted by molar-refractivity contribution is -0.387. The smallest absolute Gasteiger partial charge is 0.283 e. The zero-order valence-electron chi connectivity index (χ0n) is 10.6. The number of nitro groups is 1. The van der Waals surface area contributed by atoms with Crippen LogP contribution in [0.2, 0.25) is 0 Å². The van der Waals surface area contributed by atoms with Gasteiger partial charge in [0.1, 0.15) is 5.82 Å². The molecule has 0 amide bonds. The van der Waals surface area contributed by atoms with E-state index in [0.717, 1.165) is 11.8 Å². The summed E-state index contributed by atoms with van der Waals surface area (Å²) < 4.78 is 13.9. The molecule has 0 aliphatic carbocycles. The first-order chi connectivity index (χ1) is 9.49. The zero-order valence-corrected chi connectivity index (χ0v) is 11.4. The van der Waals surface area contributed by atoms with Gasteiger partial charge in [0.2, 0.25) is 0 Å². The van der Waals surface area contributed by atoms with Gasteiger partial charge in [-0.2, -0.15) is 0 Å². The van der Waals surface area contributed by atoms with Crippen molar-refractivity contribution in [3.05, 3.63) is 64.0 Å². The summed E-state index contributed by atoms with van der Waals surface area (Å²) in [6.45, 7) is 1.55. The summed E-state index contributed by atoms with van der Waals surface area (Å²) in [5.41, 5.74) is 0.408. The Balaban J connectivity index is 2.33. The molecule has 2 aromatic carbocycles. The largest absolute Gasteiger partial charge is 0.389 e. The number of hydrogen-bond donors (Lipinski definition) is 1. The fourth-order valence-corrected chi connectivity index (χ4v) is 2.60. The van der Waals surface area contributed by atoms with Gasteiger partial charge in [0.05, 0.1) is 15.9 Å². The number of halogens is 1. The number of aliphatic hydroxyl groups is 1. The van der Waals surface area contributed by atoms with Crippen LogP contribution in [0.4, 0.5) is 10.1 Å². The second kappa shape index (κ2) is 6.02. The Kier molecular flexibility index (Phi) is 4.36. The minimum Gasteiger partial charge on any atom is -0.389 e. The van der Waals surface area contributed by atoms with Crippen molar-refractivity contribution in [2.75, 3.05) is 0 Å². The van der Waals surface area contributed by atoms with Crippen molar-refractivity contribution in [1.29, 1.82) is 0 Å². The molecule has 0 aliphatic rings. The average molecular weight is 293 g/mol. The Morgan fingerprint density at radius 3 is 2.55 bits per heavy atom. The monoisotopic (exact) mass is 293 g/mol. The highest BCUT2D eigenvalue weighted by molar-refractivity contribution is 7.99. The zero-order chi connectivity index (χ0) is 14.7. The van der Waals surface area contributed by atoms with Gasteiger partial charge in [0.25, 0.3) is 5.69 Å². The van der Waals surface area contributed by atoms with Gasteiger partial charge in [-0.25, -0.2) is 4.39 Å². The molecule has 0 fully saturated rings. The summed E-state index contributed by atoms with van der Waals surface area (Å²) >= 11 is 0.991. The second-order valence-corrected chi connectivity index (χ2v) is 5.28. The second-order valence-electron chi connectivity index (χ2n) is 4.19. The van der Waals surface area contributed by atoms with Gasteiger partial charge in [0.15, 0.2) is 0 Å². The average Bonchev–Trinajstić information content (AvgIpc) is 2.41. The molecule has 104 valence electrons. The third kappa shape index (κ3) is 3.15. The third-order valence-corrected chi connectivity index (χ3v) is 3.84. The van der Waals surface area contributed by atoms with Crippen LogP contribution >= 0.6 is 11.8 Å². The molecule has 2 rings (SSSR count). The van der Waals surface area contributed by atoms with Crippen LogP contribution in [0.3, 0.4) is 0 Å². The standard InChI is InChI=1S/C14H12FNO3S/c1-9(17)10-6-7-13(11(15)8-10)20-14-5-3-2-4-12(14)16(18)19/h2-9,17H,1H3. The number of nitrogens with zero attached hydrogens (tertiary/aromatic N) is 1. The molecule has 6 heteroatoms. The van der Waals surface area contributed by atoms with Gasteiger partial charge in [0, 0.05) is 11.0 Å². The fourth-order valence-electron chi connectivity index (χ4n) is 1.67. The number of hydrogen-bond acceptors (Lipinski definition) is 4. The number of rotatable bonds is 4. The number of aliphatic hydroxyl groups excluding tert-OH is 1. The van der Waals surface area contributed by atoms with Gasteiger partial charge in [-0.05, 0) is 30.7 Å². The molecular weight excluding hydrogens is 281 g/mol. The summed E-state index contributed by atoms with van der Waals surface area (Å²) in [5.74, 6) is -0.508. The van der Waals surface area contributed by atoms with Gasteiger partial charge in [-0.1, -0.05) is 30.0 Å². The van der Waals surface area contributed by atoms with Crippen LogP contribution in [0.25, 0.3) is 0 Å². The Morgan fingerprint density at radius 1 is 1.25 bits per heavy atom. The molecule has 0 radical (unpaired) electrons. The molecule has 20 heavy (non-hydrogen) atoms. The summed E-state index contributed by atoms with van der Waals surface area (Å²) in [6, 6.07) is 10.5. The lowest BCUT2D eigenvalue weighted by Gasteiger charge is -2.08. The Labute approximate surface area is 119 Å². The first-order valence-corrected chi connectivity index (χ1v) is 6.69. The molecular formula is C14H12FNO3S. The molecule has 0 heterocycles. The normalized spacial score (nSPS) is 12.2. The number of nitro benzene ring substituents is 1. The van der Waals surface area contributed by atoms with Crippen molar-refractivity contribution in [3.63, 3.8) is 0 Å². The fraction of sp³-hybridized carbons (Fsp3) is 0.143. The summed E-state index contributed by atoms with van der Waals surface area (Å²) in [5, 5.41) is 20.3. The van der Waals surface area contributed by atoms with Crippen LogP contribution in [-0.2, 0) is 0 Å². The molecule has 0 bridgehead atoms. The van der Waals surface area contributed by atoms with E-state index in [1.54, 1.807) is 31.2 Å². The van der Waals surface area contributed by atoms with E-state index in [-0.39, 0.29) is 10.6 Å². The SMILES string of the molecule is CC(O)c1ccc(Sc2ccccc2[N+](=O)[O-])c(F)c1. The lowest BCUT2D eigenvalue weighted by Crippen LogP contribution is -1.94. The molecule has 0 spiro atoms. The summed E-state index contributed by atoms with van der Waals surface area (Å²) in [4.78, 5) is 11.1. The number of benzene rings is 2. The van der Waals surface area contributed by atoms with E-state index in [2.05, 4.69) is 0 Å². The van der Waals surface area contributed by atoms with Crippen LogP contribution in [0.15, 0.2) is 52.3 Å². The Bertz CT molecular complexity index is 646. The van der Waals surface area contributed by atoms with Crippen molar-refractivity contribution in [3.8, 4) is 0 Å². The lowest BCUT2D eigenvalue weighted by atomic mass is 10.1. The van der Waals surface area contributed by atoms with Crippen molar-refractivity contribution < 1.29 is 14.4 Å². The maximum atomic E-state index is 13.9. The van der Waals surface area contributed by atoms with Crippen molar-refractivity contribution in [2.45, 2.75) is 22.8 Å². The molecule has 0 saturated carbocycles. The Hall–Kier alpha value is -1.92. The van der Waals surface area contributed by atoms with Crippen molar-refractivity contribution in [2.24, 2.45) is 0 Å². The Morgan fingerprint density at radius 2 is 1.95 bits per heavy atom. The van der Waals surface area contributed by atoms with E-state index >= 15 is 0 Å². The number of para-hydroxylation sites is 1. The first-order valence-electron chi connectivity index (χ1n) is 5.88. The van der Waals surface area contributed by atoms with Gasteiger partial charge >= 0.3 is 0 Å². The van der Waals surface area contributed by atoms with Crippen LogP contribution in [0.5, 0.6) is 0 Å². The van der Waals surface area contributed by atoms with Crippen LogP contribution in [0, 0.1) is 15.9 Å². The van der Waals surface area contributed by atoms with Gasteiger partial charge < -0.3 is 5.11 Å². The summed E-state index contributed by atoms with van der Waals surface area (Å²) in [6.07, 6.45) is -0.755. The molecule has 0 aliphatic heterocycles. The molecule has 4 nitrogen and oxygen atoms in total. The van der Waals surface area contributed by atoms with E-state index in [1.807, 2.05) is 0 Å². The van der Waals surface area contributed by atoms with Crippen molar-refractivity contribution in [1.82, 2.24) is 0 Å². The first kappa shape index (κ1) is 14.5. The third-order valence-electron chi connectivity index (χ3n) is 2.72. The summed E-state index contributed by atoms with van der Waals surface area (Å²) in [7, 11) is 0. The van der Waals surface area contributed by atoms with Gasteiger partial charge in [-0.15, -0.1) is 0 Å². The van der Waals surface area contributed by atoms with Crippen molar-refractivity contribution >= 4 is 17.4 Å². The van der Waals surface area contributed by atoms with E-state index in [4.69, 9.17) is 0 Å². The topological polar surface area (TPSA) is 63.4 Å². The molecule has 1 N–H and O–H groups in total. The quantitative estimate of drug-likeness (QED) is 0.685. The minimum absolute atomic E-state index is 0.0588.